The summed E-state index contributed by atoms with van der Waals surface area (Å²) in [5.41, 5.74) is 1.26. The number of thiophene rings is 1. The first kappa shape index (κ1) is 15.0. The van der Waals surface area contributed by atoms with E-state index in [1.54, 1.807) is 11.3 Å². The molecule has 1 fully saturated rings. The van der Waals surface area contributed by atoms with Gasteiger partial charge in [-0.25, -0.2) is 0 Å². The van der Waals surface area contributed by atoms with E-state index in [0.717, 1.165) is 6.42 Å². The number of rotatable bonds is 5. The van der Waals surface area contributed by atoms with Gasteiger partial charge in [0, 0.05) is 19.5 Å². The Balaban J connectivity index is 1.99. The van der Waals surface area contributed by atoms with Crippen LogP contribution < -0.4 is 5.32 Å². The van der Waals surface area contributed by atoms with E-state index in [2.05, 4.69) is 30.6 Å². The van der Waals surface area contributed by atoms with Crippen molar-refractivity contribution in [2.24, 2.45) is 5.92 Å². The molecule has 0 saturated carbocycles. The molecule has 1 saturated heterocycles. The average Bonchev–Trinajstić information content (AvgIpc) is 2.85. The Morgan fingerprint density at radius 2 is 2.25 bits per heavy atom. The van der Waals surface area contributed by atoms with Crippen LogP contribution in [0.3, 0.4) is 0 Å². The number of hydrogen-bond acceptors (Lipinski definition) is 3. The molecule has 1 N–H and O–H groups in total. The molecule has 5 heteroatoms. The van der Waals surface area contributed by atoms with Gasteiger partial charge in [-0.2, -0.15) is 11.3 Å². The summed E-state index contributed by atoms with van der Waals surface area (Å²) in [4.78, 5) is 26.0. The van der Waals surface area contributed by atoms with E-state index in [1.807, 2.05) is 10.3 Å². The molecule has 0 radical (unpaired) electrons. The lowest BCUT2D eigenvalue weighted by molar-refractivity contribution is -0.133. The van der Waals surface area contributed by atoms with E-state index in [4.69, 9.17) is 0 Å². The fraction of sp³-hybridized carbons (Fsp3) is 0.600. The molecule has 0 bridgehead atoms. The van der Waals surface area contributed by atoms with Crippen molar-refractivity contribution in [3.8, 4) is 0 Å². The molecule has 0 spiro atoms. The fourth-order valence-corrected chi connectivity index (χ4v) is 3.15. The van der Waals surface area contributed by atoms with E-state index in [9.17, 15) is 9.59 Å². The maximum atomic E-state index is 12.5. The van der Waals surface area contributed by atoms with Gasteiger partial charge in [0.25, 0.3) is 0 Å². The first-order valence-corrected chi connectivity index (χ1v) is 8.09. The molecule has 1 aliphatic heterocycles. The van der Waals surface area contributed by atoms with Crippen LogP contribution in [-0.2, 0) is 16.0 Å². The summed E-state index contributed by atoms with van der Waals surface area (Å²) in [6.07, 6.45) is 1.97. The van der Waals surface area contributed by atoms with Crippen LogP contribution in [0.4, 0.5) is 0 Å². The Morgan fingerprint density at radius 3 is 2.90 bits per heavy atom. The second-order valence-corrected chi connectivity index (χ2v) is 6.49. The van der Waals surface area contributed by atoms with Crippen LogP contribution in [0.25, 0.3) is 0 Å². The summed E-state index contributed by atoms with van der Waals surface area (Å²) < 4.78 is 0. The number of amides is 2. The van der Waals surface area contributed by atoms with Crippen molar-refractivity contribution in [2.45, 2.75) is 39.2 Å². The van der Waals surface area contributed by atoms with E-state index >= 15 is 0 Å². The SMILES string of the molecule is CC(C)CC1NC(=O)CCN(CCc2ccsc2)C1=O. The van der Waals surface area contributed by atoms with Gasteiger partial charge in [-0.15, -0.1) is 0 Å². The lowest BCUT2D eigenvalue weighted by Crippen LogP contribution is -2.45. The molecule has 2 amide bonds. The minimum atomic E-state index is -0.354. The lowest BCUT2D eigenvalue weighted by atomic mass is 10.0. The largest absolute Gasteiger partial charge is 0.344 e. The topological polar surface area (TPSA) is 49.4 Å². The molecule has 4 nitrogen and oxygen atoms in total. The van der Waals surface area contributed by atoms with Crippen molar-refractivity contribution in [1.82, 2.24) is 10.2 Å². The Kier molecular flexibility index (Phi) is 5.17. The third-order valence-electron chi connectivity index (χ3n) is 3.51. The van der Waals surface area contributed by atoms with Gasteiger partial charge in [-0.3, -0.25) is 9.59 Å². The molecule has 1 aliphatic rings. The number of hydrogen-bond donors (Lipinski definition) is 1. The predicted octanol–water partition coefficient (Wildman–Crippen LogP) is 2.05. The van der Waals surface area contributed by atoms with Gasteiger partial charge in [-0.1, -0.05) is 13.8 Å². The number of carbonyl (C=O) groups is 2. The van der Waals surface area contributed by atoms with Gasteiger partial charge >= 0.3 is 0 Å². The second kappa shape index (κ2) is 6.88. The quantitative estimate of drug-likeness (QED) is 0.903. The van der Waals surface area contributed by atoms with Crippen molar-refractivity contribution < 1.29 is 9.59 Å². The van der Waals surface area contributed by atoms with Crippen LogP contribution in [0.15, 0.2) is 16.8 Å². The Bertz CT molecular complexity index is 456. The summed E-state index contributed by atoms with van der Waals surface area (Å²) in [7, 11) is 0. The van der Waals surface area contributed by atoms with E-state index < -0.39 is 0 Å². The van der Waals surface area contributed by atoms with Gasteiger partial charge in [0.2, 0.25) is 11.8 Å². The molecule has 1 aromatic heterocycles. The van der Waals surface area contributed by atoms with Gasteiger partial charge in [0.15, 0.2) is 0 Å². The molecule has 0 aromatic carbocycles. The third-order valence-corrected chi connectivity index (χ3v) is 4.24. The summed E-state index contributed by atoms with van der Waals surface area (Å²) in [6.45, 7) is 5.36. The molecule has 2 rings (SSSR count). The summed E-state index contributed by atoms with van der Waals surface area (Å²) in [5.74, 6) is 0.447. The summed E-state index contributed by atoms with van der Waals surface area (Å²) in [6, 6.07) is 1.73. The molecule has 20 heavy (non-hydrogen) atoms. The second-order valence-electron chi connectivity index (χ2n) is 5.71. The van der Waals surface area contributed by atoms with Crippen LogP contribution in [0.5, 0.6) is 0 Å². The number of carbonyl (C=O) groups excluding carboxylic acids is 2. The van der Waals surface area contributed by atoms with Crippen LogP contribution in [-0.4, -0.2) is 35.8 Å². The van der Waals surface area contributed by atoms with Crippen molar-refractivity contribution in [3.05, 3.63) is 22.4 Å². The van der Waals surface area contributed by atoms with Gasteiger partial charge in [0.1, 0.15) is 6.04 Å². The van der Waals surface area contributed by atoms with Crippen LogP contribution in [0.1, 0.15) is 32.3 Å². The highest BCUT2D eigenvalue weighted by Crippen LogP contribution is 2.13. The minimum absolute atomic E-state index is 0.0120. The molecule has 0 aliphatic carbocycles. The molecule has 1 atom stereocenters. The van der Waals surface area contributed by atoms with E-state index in [1.165, 1.54) is 5.56 Å². The van der Waals surface area contributed by atoms with Crippen molar-refractivity contribution >= 4 is 23.2 Å². The van der Waals surface area contributed by atoms with Crippen LogP contribution >= 0.6 is 11.3 Å². The van der Waals surface area contributed by atoms with Crippen LogP contribution in [0, 0.1) is 5.92 Å². The zero-order valence-electron chi connectivity index (χ0n) is 12.1. The molecule has 1 aromatic rings. The Morgan fingerprint density at radius 1 is 1.45 bits per heavy atom. The van der Waals surface area contributed by atoms with Crippen molar-refractivity contribution in [1.29, 1.82) is 0 Å². The zero-order chi connectivity index (χ0) is 14.5. The van der Waals surface area contributed by atoms with E-state index in [-0.39, 0.29) is 17.9 Å². The maximum absolute atomic E-state index is 12.5. The Labute approximate surface area is 124 Å². The fourth-order valence-electron chi connectivity index (χ4n) is 2.45. The lowest BCUT2D eigenvalue weighted by Gasteiger charge is -2.24. The zero-order valence-corrected chi connectivity index (χ0v) is 12.9. The Hall–Kier alpha value is -1.36. The standard InChI is InChI=1S/C15H22N2O2S/c1-11(2)9-13-15(19)17(7-4-14(18)16-13)6-3-12-5-8-20-10-12/h5,8,10-11,13H,3-4,6-7,9H2,1-2H3,(H,16,18). The highest BCUT2D eigenvalue weighted by molar-refractivity contribution is 7.07. The van der Waals surface area contributed by atoms with E-state index in [0.29, 0.717) is 31.8 Å². The van der Waals surface area contributed by atoms with Gasteiger partial charge in [0.05, 0.1) is 0 Å². The average molecular weight is 294 g/mol. The van der Waals surface area contributed by atoms with Gasteiger partial charge in [-0.05, 0) is 41.1 Å². The number of nitrogens with zero attached hydrogens (tertiary/aromatic N) is 1. The van der Waals surface area contributed by atoms with Crippen molar-refractivity contribution in [2.75, 3.05) is 13.1 Å². The molecule has 1 unspecified atom stereocenters. The van der Waals surface area contributed by atoms with Gasteiger partial charge < -0.3 is 10.2 Å². The number of nitrogens with one attached hydrogen (secondary N) is 1. The first-order chi connectivity index (χ1) is 9.56. The third kappa shape index (κ3) is 4.07. The molecular formula is C15H22N2O2S. The van der Waals surface area contributed by atoms with Crippen LogP contribution in [0.2, 0.25) is 0 Å². The summed E-state index contributed by atoms with van der Waals surface area (Å²) in [5, 5.41) is 7.01. The van der Waals surface area contributed by atoms with Crippen molar-refractivity contribution in [3.63, 3.8) is 0 Å². The first-order valence-electron chi connectivity index (χ1n) is 7.15. The monoisotopic (exact) mass is 294 g/mol. The predicted molar refractivity (Wildman–Crippen MR) is 80.6 cm³/mol. The highest BCUT2D eigenvalue weighted by atomic mass is 32.1. The molecule has 110 valence electrons. The maximum Gasteiger partial charge on any atom is 0.245 e. The smallest absolute Gasteiger partial charge is 0.245 e. The highest BCUT2D eigenvalue weighted by Gasteiger charge is 2.29. The summed E-state index contributed by atoms with van der Waals surface area (Å²) >= 11 is 1.67. The molecular weight excluding hydrogens is 272 g/mol. The minimum Gasteiger partial charge on any atom is -0.344 e. The molecule has 2 heterocycles. The normalized spacial score (nSPS) is 20.1.